The van der Waals surface area contributed by atoms with Gasteiger partial charge in [-0.05, 0) is 56.0 Å². The van der Waals surface area contributed by atoms with Gasteiger partial charge >= 0.3 is 5.97 Å². The number of rotatable bonds is 12. The first kappa shape index (κ1) is 29.5. The lowest BCUT2D eigenvalue weighted by Crippen LogP contribution is -2.47. The van der Waals surface area contributed by atoms with Crippen molar-refractivity contribution in [3.63, 3.8) is 0 Å². The molecule has 0 saturated carbocycles. The van der Waals surface area contributed by atoms with Crippen LogP contribution in [0.25, 0.3) is 0 Å². The molecule has 12 nitrogen and oxygen atoms in total. The number of sulfonamides is 1. The van der Waals surface area contributed by atoms with E-state index >= 15 is 0 Å². The Bertz CT molecular complexity index is 1250. The number of nitrogens with zero attached hydrogens (tertiary/aromatic N) is 1. The van der Waals surface area contributed by atoms with E-state index in [4.69, 9.17) is 25.8 Å². The lowest BCUT2D eigenvalue weighted by atomic mass is 10.1. The highest BCUT2D eigenvalue weighted by Crippen LogP contribution is 2.27. The minimum atomic E-state index is -4.39. The number of nitro groups is 1. The Balaban J connectivity index is 1.76. The Morgan fingerprint density at radius 3 is 2.58 bits per heavy atom. The number of ether oxygens (including phenoxy) is 3. The number of carbonyl (C=O) groups is 2. The van der Waals surface area contributed by atoms with E-state index in [2.05, 4.69) is 10.0 Å². The standard InChI is InChI=1S/C24H28ClN3O9S/c1-2-35-22(29)13-16-6-8-17(9-7-16)26-24(30)20(15-37-23-5-3-4-12-36-23)27-38(33,34)18-10-11-19(25)21(14-18)28(31)32/h6-11,14,20,23,27H,2-5,12-13,15H2,1H3,(H,26,30)/t20-,23?/m0/s1. The smallest absolute Gasteiger partial charge is 0.310 e. The minimum absolute atomic E-state index is 0.0624. The maximum atomic E-state index is 13.1. The second-order valence-corrected chi connectivity index (χ2v) is 10.5. The Morgan fingerprint density at radius 2 is 1.95 bits per heavy atom. The van der Waals surface area contributed by atoms with Crippen molar-refractivity contribution in [2.45, 2.75) is 49.8 Å². The minimum Gasteiger partial charge on any atom is -0.466 e. The third kappa shape index (κ3) is 8.46. The molecule has 2 N–H and O–H groups in total. The summed E-state index contributed by atoms with van der Waals surface area (Å²) in [6.07, 6.45) is 1.79. The molecule has 1 aliphatic rings. The number of nitrogens with one attached hydrogen (secondary N) is 2. The highest BCUT2D eigenvalue weighted by Gasteiger charge is 2.29. The van der Waals surface area contributed by atoms with E-state index in [0.717, 1.165) is 31.0 Å². The molecule has 14 heteroatoms. The van der Waals surface area contributed by atoms with Gasteiger partial charge in [-0.1, -0.05) is 23.7 Å². The molecule has 1 aliphatic heterocycles. The Hall–Kier alpha value is -3.10. The fourth-order valence-electron chi connectivity index (χ4n) is 3.58. The monoisotopic (exact) mass is 569 g/mol. The molecule has 0 radical (unpaired) electrons. The lowest BCUT2D eigenvalue weighted by Gasteiger charge is -2.25. The first-order chi connectivity index (χ1) is 18.1. The Labute approximate surface area is 224 Å². The summed E-state index contributed by atoms with van der Waals surface area (Å²) in [6.45, 7) is 2.10. The zero-order valence-electron chi connectivity index (χ0n) is 20.6. The fraction of sp³-hybridized carbons (Fsp3) is 0.417. The highest BCUT2D eigenvalue weighted by molar-refractivity contribution is 7.89. The largest absolute Gasteiger partial charge is 0.466 e. The average molecular weight is 570 g/mol. The van der Waals surface area contributed by atoms with Gasteiger partial charge in [0, 0.05) is 18.4 Å². The van der Waals surface area contributed by atoms with Crippen molar-refractivity contribution >= 4 is 44.9 Å². The number of benzene rings is 2. The molecule has 1 saturated heterocycles. The van der Waals surface area contributed by atoms with Gasteiger partial charge in [0.2, 0.25) is 15.9 Å². The molecule has 1 heterocycles. The number of amides is 1. The zero-order valence-corrected chi connectivity index (χ0v) is 22.1. The summed E-state index contributed by atoms with van der Waals surface area (Å²) in [4.78, 5) is 34.7. The third-order valence-corrected chi connectivity index (χ3v) is 7.29. The van der Waals surface area contributed by atoms with Crippen LogP contribution < -0.4 is 10.0 Å². The summed E-state index contributed by atoms with van der Waals surface area (Å²) >= 11 is 5.80. The van der Waals surface area contributed by atoms with E-state index in [1.54, 1.807) is 31.2 Å². The van der Waals surface area contributed by atoms with Crippen LogP contribution in [0.2, 0.25) is 5.02 Å². The predicted molar refractivity (Wildman–Crippen MR) is 137 cm³/mol. The number of nitro benzene ring substituents is 1. The number of carbonyl (C=O) groups excluding carboxylic acids is 2. The van der Waals surface area contributed by atoms with E-state index < -0.39 is 43.8 Å². The maximum Gasteiger partial charge on any atom is 0.310 e. The molecule has 2 aromatic rings. The van der Waals surface area contributed by atoms with Gasteiger partial charge in [0.25, 0.3) is 5.69 Å². The summed E-state index contributed by atoms with van der Waals surface area (Å²) in [5, 5.41) is 13.6. The van der Waals surface area contributed by atoms with Crippen LogP contribution in [0.5, 0.6) is 0 Å². The first-order valence-electron chi connectivity index (χ1n) is 11.8. The van der Waals surface area contributed by atoms with Crippen LogP contribution in [0.4, 0.5) is 11.4 Å². The van der Waals surface area contributed by atoms with Crippen LogP contribution >= 0.6 is 11.6 Å². The van der Waals surface area contributed by atoms with Gasteiger partial charge in [-0.3, -0.25) is 19.7 Å². The average Bonchev–Trinajstić information content (AvgIpc) is 2.88. The Kier molecular flexibility index (Phi) is 10.6. The molecule has 0 aliphatic carbocycles. The summed E-state index contributed by atoms with van der Waals surface area (Å²) < 4.78 is 44.4. The number of hydrogen-bond donors (Lipinski definition) is 2. The van der Waals surface area contributed by atoms with Crippen molar-refractivity contribution < 1.29 is 37.1 Å². The summed E-state index contributed by atoms with van der Waals surface area (Å²) in [6, 6.07) is 7.98. The molecule has 1 unspecified atom stereocenters. The number of hydrogen-bond acceptors (Lipinski definition) is 9. The van der Waals surface area contributed by atoms with E-state index in [0.29, 0.717) is 24.3 Å². The number of anilines is 1. The van der Waals surface area contributed by atoms with Crippen LogP contribution in [0, 0.1) is 10.1 Å². The van der Waals surface area contributed by atoms with Crippen molar-refractivity contribution in [3.05, 3.63) is 63.2 Å². The van der Waals surface area contributed by atoms with Gasteiger partial charge in [0.05, 0.1) is 29.5 Å². The van der Waals surface area contributed by atoms with E-state index in [9.17, 15) is 28.1 Å². The van der Waals surface area contributed by atoms with Crippen LogP contribution in [-0.4, -0.2) is 57.4 Å². The topological polar surface area (TPSA) is 163 Å². The lowest BCUT2D eigenvalue weighted by molar-refractivity contribution is -0.384. The van der Waals surface area contributed by atoms with Crippen molar-refractivity contribution in [2.24, 2.45) is 0 Å². The van der Waals surface area contributed by atoms with Crippen LogP contribution in [0.3, 0.4) is 0 Å². The molecular formula is C24H28ClN3O9S. The molecule has 38 heavy (non-hydrogen) atoms. The van der Waals surface area contributed by atoms with Crippen LogP contribution in [0.15, 0.2) is 47.4 Å². The summed E-state index contributed by atoms with van der Waals surface area (Å²) in [5.41, 5.74) is 0.425. The van der Waals surface area contributed by atoms with E-state index in [-0.39, 0.29) is 30.6 Å². The van der Waals surface area contributed by atoms with Gasteiger partial charge < -0.3 is 19.5 Å². The zero-order chi connectivity index (χ0) is 27.7. The van der Waals surface area contributed by atoms with Gasteiger partial charge in [-0.2, -0.15) is 4.72 Å². The molecule has 0 aromatic heterocycles. The molecular weight excluding hydrogens is 542 g/mol. The number of esters is 1. The van der Waals surface area contributed by atoms with Crippen molar-refractivity contribution in [2.75, 3.05) is 25.1 Å². The van der Waals surface area contributed by atoms with Crippen LogP contribution in [0.1, 0.15) is 31.7 Å². The van der Waals surface area contributed by atoms with Gasteiger partial charge in [-0.25, -0.2) is 8.42 Å². The predicted octanol–water partition coefficient (Wildman–Crippen LogP) is 3.18. The molecule has 3 rings (SSSR count). The van der Waals surface area contributed by atoms with Crippen molar-refractivity contribution in [3.8, 4) is 0 Å². The summed E-state index contributed by atoms with van der Waals surface area (Å²) in [5.74, 6) is -1.12. The highest BCUT2D eigenvalue weighted by atomic mass is 35.5. The number of halogens is 1. The molecule has 1 fully saturated rings. The Morgan fingerprint density at radius 1 is 1.21 bits per heavy atom. The quantitative estimate of drug-likeness (QED) is 0.222. The SMILES string of the molecule is CCOC(=O)Cc1ccc(NC(=O)[C@H](COC2CCCCO2)NS(=O)(=O)c2ccc(Cl)c([N+](=O)[O-])c2)cc1. The van der Waals surface area contributed by atoms with Gasteiger partial charge in [-0.15, -0.1) is 0 Å². The molecule has 2 aromatic carbocycles. The van der Waals surface area contributed by atoms with Gasteiger partial charge in [0.1, 0.15) is 11.1 Å². The first-order valence-corrected chi connectivity index (χ1v) is 13.7. The van der Waals surface area contributed by atoms with E-state index in [1.165, 1.54) is 0 Å². The van der Waals surface area contributed by atoms with Crippen molar-refractivity contribution in [1.82, 2.24) is 4.72 Å². The molecule has 0 spiro atoms. The van der Waals surface area contributed by atoms with Gasteiger partial charge in [0.15, 0.2) is 6.29 Å². The molecule has 1 amide bonds. The van der Waals surface area contributed by atoms with E-state index in [1.807, 2.05) is 0 Å². The maximum absolute atomic E-state index is 13.1. The molecule has 2 atom stereocenters. The fourth-order valence-corrected chi connectivity index (χ4v) is 4.96. The summed E-state index contributed by atoms with van der Waals surface area (Å²) in [7, 11) is -4.39. The second-order valence-electron chi connectivity index (χ2n) is 8.34. The normalized spacial score (nSPS) is 16.4. The van der Waals surface area contributed by atoms with Crippen LogP contribution in [-0.2, 0) is 40.2 Å². The third-order valence-electron chi connectivity index (χ3n) is 5.50. The molecule has 206 valence electrons. The van der Waals surface area contributed by atoms with Crippen molar-refractivity contribution in [1.29, 1.82) is 0 Å². The second kappa shape index (κ2) is 13.6. The molecule has 0 bridgehead atoms.